The molecule has 56 heavy (non-hydrogen) atoms. The molecule has 0 spiro atoms. The van der Waals surface area contributed by atoms with Gasteiger partial charge >= 0.3 is 245 Å². The smallest absolute Gasteiger partial charge is 0.0345 e. The van der Waals surface area contributed by atoms with Crippen LogP contribution in [0.25, 0.3) is 11.1 Å². The fourth-order valence-electron chi connectivity index (χ4n) is 7.42. The number of pyridine rings is 2. The van der Waals surface area contributed by atoms with E-state index in [-0.39, 0.29) is 10.8 Å². The Morgan fingerprint density at radius 3 is 2.09 bits per heavy atom. The maximum absolute atomic E-state index is 6.72. The maximum atomic E-state index is 6.72. The van der Waals surface area contributed by atoms with Crippen molar-refractivity contribution in [2.24, 2.45) is 0 Å². The standard InChI is InChI=1S/C49H45N5OTe/c1-48(2,3)35-23-25-50-46(29-35)54-41-18-10-11-20-44(41)56-45-22-21-40(31-43(45)54)55-39-17-12-16-37(30-39)53-32-52(42-19-13-24-51-47(42)53)38-27-34(33-14-8-7-9-15-33)26-36(28-38)49(4,5)6/h7-31H,32H2,1-6H3. The minimum Gasteiger partial charge on any atom is -0.0345 e. The molecular formula is C49H45N5OTe. The number of nitrogens with zero attached hydrogens (tertiary/aromatic N) is 5. The Bertz CT molecular complexity index is 2570. The first-order valence-corrected chi connectivity index (χ1v) is 21.5. The molecule has 0 amide bonds. The van der Waals surface area contributed by atoms with Crippen LogP contribution in [0, 0.1) is 0 Å². The predicted octanol–water partition coefficient (Wildman–Crippen LogP) is 11.2. The Balaban J connectivity index is 1.05. The van der Waals surface area contributed by atoms with E-state index in [4.69, 9.17) is 14.7 Å². The van der Waals surface area contributed by atoms with Gasteiger partial charge in [-0.25, -0.2) is 0 Å². The molecule has 0 radical (unpaired) electrons. The molecule has 5 aromatic carbocycles. The van der Waals surface area contributed by atoms with Crippen molar-refractivity contribution in [2.75, 3.05) is 21.4 Å². The molecule has 2 aliphatic rings. The van der Waals surface area contributed by atoms with Crippen molar-refractivity contribution in [2.45, 2.75) is 52.4 Å². The minimum atomic E-state index is -0.600. The van der Waals surface area contributed by atoms with E-state index in [1.807, 2.05) is 24.5 Å². The summed E-state index contributed by atoms with van der Waals surface area (Å²) < 4.78 is 9.49. The molecule has 9 rings (SSSR count). The molecule has 0 saturated carbocycles. The molecule has 6 nitrogen and oxygen atoms in total. The molecule has 0 bridgehead atoms. The number of aromatic nitrogens is 2. The number of ether oxygens (including phenoxy) is 1. The van der Waals surface area contributed by atoms with Gasteiger partial charge in [-0.05, 0) is 40.3 Å². The van der Waals surface area contributed by atoms with Crippen molar-refractivity contribution in [1.29, 1.82) is 0 Å². The van der Waals surface area contributed by atoms with Gasteiger partial charge in [-0.15, -0.1) is 0 Å². The van der Waals surface area contributed by atoms with Crippen LogP contribution < -0.4 is 26.7 Å². The van der Waals surface area contributed by atoms with Crippen molar-refractivity contribution < 1.29 is 4.74 Å². The second-order valence-electron chi connectivity index (χ2n) is 16.5. The third-order valence-corrected chi connectivity index (χ3v) is 13.7. The first-order chi connectivity index (χ1) is 27.0. The van der Waals surface area contributed by atoms with E-state index < -0.39 is 20.9 Å². The molecule has 0 unspecified atom stereocenters. The van der Waals surface area contributed by atoms with Crippen LogP contribution in [-0.2, 0) is 10.8 Å². The van der Waals surface area contributed by atoms with E-state index in [2.05, 4.69) is 184 Å². The predicted molar refractivity (Wildman–Crippen MR) is 233 cm³/mol. The summed E-state index contributed by atoms with van der Waals surface area (Å²) in [6.07, 6.45) is 3.81. The molecule has 0 saturated heterocycles. The van der Waals surface area contributed by atoms with Crippen LogP contribution in [0.1, 0.15) is 52.7 Å². The summed E-state index contributed by atoms with van der Waals surface area (Å²) >= 11 is -0.600. The summed E-state index contributed by atoms with van der Waals surface area (Å²) in [6, 6.07) is 49.9. The van der Waals surface area contributed by atoms with E-state index in [1.54, 1.807) is 0 Å². The zero-order chi connectivity index (χ0) is 38.6. The fourth-order valence-corrected chi connectivity index (χ4v) is 10.4. The molecule has 0 N–H and O–H groups in total. The summed E-state index contributed by atoms with van der Waals surface area (Å²) in [7, 11) is 0. The van der Waals surface area contributed by atoms with E-state index in [9.17, 15) is 0 Å². The second-order valence-corrected chi connectivity index (χ2v) is 19.6. The van der Waals surface area contributed by atoms with Crippen LogP contribution in [0.5, 0.6) is 11.5 Å². The zero-order valence-corrected chi connectivity index (χ0v) is 35.0. The average Bonchev–Trinajstić information content (AvgIpc) is 3.60. The average molecular weight is 848 g/mol. The van der Waals surface area contributed by atoms with Gasteiger partial charge in [-0.2, -0.15) is 0 Å². The van der Waals surface area contributed by atoms with E-state index in [0.717, 1.165) is 45.9 Å². The largest absolute Gasteiger partial charge is 0.0345 e. The van der Waals surface area contributed by atoms with Gasteiger partial charge < -0.3 is 0 Å². The Morgan fingerprint density at radius 1 is 0.518 bits per heavy atom. The molecule has 7 heteroatoms. The summed E-state index contributed by atoms with van der Waals surface area (Å²) in [5.41, 5.74) is 10.5. The van der Waals surface area contributed by atoms with Crippen molar-refractivity contribution in [1.82, 2.24) is 9.97 Å². The first-order valence-electron chi connectivity index (χ1n) is 19.2. The van der Waals surface area contributed by atoms with E-state index >= 15 is 0 Å². The number of benzene rings is 5. The number of fused-ring (bicyclic) bond motifs is 3. The maximum Gasteiger partial charge on any atom is -0.0345 e. The zero-order valence-electron chi connectivity index (χ0n) is 32.7. The van der Waals surface area contributed by atoms with Crippen LogP contribution in [-0.4, -0.2) is 37.6 Å². The van der Waals surface area contributed by atoms with Crippen molar-refractivity contribution in [3.8, 4) is 22.6 Å². The Kier molecular flexibility index (Phi) is 9.11. The van der Waals surface area contributed by atoms with Crippen LogP contribution >= 0.6 is 0 Å². The van der Waals surface area contributed by atoms with Crippen LogP contribution in [0.4, 0.5) is 40.1 Å². The van der Waals surface area contributed by atoms with Crippen molar-refractivity contribution in [3.63, 3.8) is 0 Å². The summed E-state index contributed by atoms with van der Waals surface area (Å²) in [6.45, 7) is 14.2. The summed E-state index contributed by atoms with van der Waals surface area (Å²) in [4.78, 5) is 16.8. The monoisotopic (exact) mass is 849 g/mol. The Hall–Kier alpha value is -5.61. The number of anilines is 7. The van der Waals surface area contributed by atoms with Gasteiger partial charge in [0.15, 0.2) is 0 Å². The van der Waals surface area contributed by atoms with Crippen molar-refractivity contribution in [3.05, 3.63) is 163 Å². The fraction of sp³-hybridized carbons (Fsp3) is 0.184. The molecular weight excluding hydrogens is 802 g/mol. The van der Waals surface area contributed by atoms with Gasteiger partial charge in [-0.1, -0.05) is 57.2 Å². The molecule has 0 fully saturated rings. The Morgan fingerprint density at radius 2 is 1.27 bits per heavy atom. The number of hydrogen-bond acceptors (Lipinski definition) is 6. The number of hydrogen-bond donors (Lipinski definition) is 0. The number of para-hydroxylation sites is 1. The molecule has 4 heterocycles. The van der Waals surface area contributed by atoms with Gasteiger partial charge in [0.25, 0.3) is 0 Å². The quantitative estimate of drug-likeness (QED) is 0.155. The SMILES string of the molecule is CC(C)(C)c1cc(-c2ccccc2)cc(N2CN(c3cccc(Oc4ccc5c(c4)N(c4cc(C(C)(C)C)ccn4)c4ccccc4[Te]5)c3)c3ncccc32)c1. The molecule has 0 atom stereocenters. The number of rotatable bonds is 6. The first kappa shape index (κ1) is 36.1. The van der Waals surface area contributed by atoms with Crippen molar-refractivity contribution >= 4 is 68.2 Å². The van der Waals surface area contributed by atoms with Crippen LogP contribution in [0.15, 0.2) is 152 Å². The normalized spacial score (nSPS) is 13.6. The van der Waals surface area contributed by atoms with Crippen LogP contribution in [0.2, 0.25) is 0 Å². The van der Waals surface area contributed by atoms with Gasteiger partial charge in [-0.3, -0.25) is 0 Å². The molecule has 2 aromatic heterocycles. The third kappa shape index (κ3) is 6.91. The third-order valence-electron chi connectivity index (χ3n) is 10.5. The molecule has 2 aliphatic heterocycles. The molecule has 0 aliphatic carbocycles. The second kappa shape index (κ2) is 14.2. The van der Waals surface area contributed by atoms with Gasteiger partial charge in [0.05, 0.1) is 0 Å². The van der Waals surface area contributed by atoms with Crippen LogP contribution in [0.3, 0.4) is 0 Å². The van der Waals surface area contributed by atoms with E-state index in [1.165, 1.54) is 35.2 Å². The molecule has 278 valence electrons. The molecule has 7 aromatic rings. The summed E-state index contributed by atoms with van der Waals surface area (Å²) in [5.74, 6) is 3.40. The van der Waals surface area contributed by atoms with Gasteiger partial charge in [0.1, 0.15) is 0 Å². The topological polar surface area (TPSA) is 44.7 Å². The van der Waals surface area contributed by atoms with Gasteiger partial charge in [0, 0.05) is 0 Å². The van der Waals surface area contributed by atoms with Gasteiger partial charge in [0.2, 0.25) is 0 Å². The van der Waals surface area contributed by atoms with E-state index in [0.29, 0.717) is 6.67 Å². The minimum absolute atomic E-state index is 0.00393. The Labute approximate surface area is 340 Å². The summed E-state index contributed by atoms with van der Waals surface area (Å²) in [5, 5.41) is 0.